The van der Waals surface area contributed by atoms with Gasteiger partial charge in [0.1, 0.15) is 16.5 Å². The minimum absolute atomic E-state index is 0.421. The van der Waals surface area contributed by atoms with E-state index in [1.807, 2.05) is 24.3 Å². The van der Waals surface area contributed by atoms with Crippen LogP contribution in [0.4, 0.5) is 0 Å². The van der Waals surface area contributed by atoms with Crippen molar-refractivity contribution in [3.8, 4) is 11.5 Å². The molecule has 0 aromatic heterocycles. The van der Waals surface area contributed by atoms with E-state index in [-0.39, 0.29) is 0 Å². The first-order chi connectivity index (χ1) is 8.70. The van der Waals surface area contributed by atoms with Crippen LogP contribution in [0.1, 0.15) is 5.56 Å². The number of nitrogens with two attached hydrogens (primary N) is 1. The van der Waals surface area contributed by atoms with Crippen molar-refractivity contribution in [1.29, 1.82) is 0 Å². The maximum absolute atomic E-state index is 6.05. The zero-order valence-corrected chi connectivity index (χ0v) is 11.2. The summed E-state index contributed by atoms with van der Waals surface area (Å²) >= 11 is 12.0. The molecule has 0 spiro atoms. The van der Waals surface area contributed by atoms with Crippen molar-refractivity contribution < 1.29 is 4.74 Å². The molecule has 0 radical (unpaired) electrons. The summed E-state index contributed by atoms with van der Waals surface area (Å²) in [7, 11) is 0. The van der Waals surface area contributed by atoms with Crippen molar-refractivity contribution >= 4 is 23.2 Å². The van der Waals surface area contributed by atoms with Gasteiger partial charge in [-0.25, -0.2) is 0 Å². The number of hydrogen-bond donors (Lipinski definition) is 1. The predicted octanol–water partition coefficient (Wildman–Crippen LogP) is 4.29. The van der Waals surface area contributed by atoms with Gasteiger partial charge in [0, 0.05) is 0 Å². The maximum Gasteiger partial charge on any atom is 0.147 e. The van der Waals surface area contributed by atoms with Crippen molar-refractivity contribution in [1.82, 2.24) is 0 Å². The zero-order chi connectivity index (χ0) is 13.0. The number of halogens is 2. The fourth-order valence-electron chi connectivity index (χ4n) is 1.58. The Labute approximate surface area is 116 Å². The normalized spacial score (nSPS) is 10.4. The maximum atomic E-state index is 6.05. The van der Waals surface area contributed by atoms with Crippen molar-refractivity contribution in [2.24, 2.45) is 5.73 Å². The molecule has 0 aliphatic rings. The molecule has 0 fully saturated rings. The van der Waals surface area contributed by atoms with Crippen LogP contribution in [0.25, 0.3) is 0 Å². The van der Waals surface area contributed by atoms with E-state index in [4.69, 9.17) is 33.7 Å². The molecule has 2 aromatic rings. The summed E-state index contributed by atoms with van der Waals surface area (Å²) in [4.78, 5) is 0. The highest BCUT2D eigenvalue weighted by atomic mass is 35.5. The van der Waals surface area contributed by atoms with Gasteiger partial charge in [0.25, 0.3) is 0 Å². The Balaban J connectivity index is 2.16. The monoisotopic (exact) mass is 281 g/mol. The SMILES string of the molecule is NCCc1ccc(Oc2cccc(Cl)c2Cl)cc1. The van der Waals surface area contributed by atoms with E-state index in [0.29, 0.717) is 22.3 Å². The summed E-state index contributed by atoms with van der Waals surface area (Å²) < 4.78 is 5.68. The molecule has 2 N–H and O–H groups in total. The lowest BCUT2D eigenvalue weighted by atomic mass is 10.1. The Hall–Kier alpha value is -1.22. The molecular weight excluding hydrogens is 269 g/mol. The second kappa shape index (κ2) is 6.10. The standard InChI is InChI=1S/C14H13Cl2NO/c15-12-2-1-3-13(14(12)16)18-11-6-4-10(5-7-11)8-9-17/h1-7H,8-9,17H2. The first-order valence-electron chi connectivity index (χ1n) is 5.61. The van der Waals surface area contributed by atoms with Gasteiger partial charge in [-0.3, -0.25) is 0 Å². The first kappa shape index (κ1) is 13.2. The minimum atomic E-state index is 0.421. The summed E-state index contributed by atoms with van der Waals surface area (Å²) in [5, 5.41) is 0.902. The molecular formula is C14H13Cl2NO. The molecule has 0 aliphatic heterocycles. The zero-order valence-electron chi connectivity index (χ0n) is 9.70. The largest absolute Gasteiger partial charge is 0.456 e. The van der Waals surface area contributed by atoms with E-state index in [1.165, 1.54) is 5.56 Å². The predicted molar refractivity (Wildman–Crippen MR) is 75.7 cm³/mol. The highest BCUT2D eigenvalue weighted by molar-refractivity contribution is 6.42. The third-order valence-electron chi connectivity index (χ3n) is 2.50. The Morgan fingerprint density at radius 1 is 1.00 bits per heavy atom. The fraction of sp³-hybridized carbons (Fsp3) is 0.143. The van der Waals surface area contributed by atoms with Gasteiger partial charge in [-0.05, 0) is 42.8 Å². The van der Waals surface area contributed by atoms with Crippen LogP contribution in [0.2, 0.25) is 10.0 Å². The average molecular weight is 282 g/mol. The lowest BCUT2D eigenvalue weighted by Gasteiger charge is -2.09. The topological polar surface area (TPSA) is 35.2 Å². The lowest BCUT2D eigenvalue weighted by molar-refractivity contribution is 0.483. The molecule has 18 heavy (non-hydrogen) atoms. The van der Waals surface area contributed by atoms with Crippen LogP contribution in [-0.2, 0) is 6.42 Å². The Morgan fingerprint density at radius 3 is 2.39 bits per heavy atom. The number of benzene rings is 2. The summed E-state index contributed by atoms with van der Waals surface area (Å²) in [6.07, 6.45) is 0.859. The molecule has 2 aromatic carbocycles. The highest BCUT2D eigenvalue weighted by Crippen LogP contribution is 2.34. The van der Waals surface area contributed by atoms with Crippen molar-refractivity contribution in [2.75, 3.05) is 6.54 Å². The molecule has 0 atom stereocenters. The van der Waals surface area contributed by atoms with Gasteiger partial charge in [0.2, 0.25) is 0 Å². The Morgan fingerprint density at radius 2 is 1.72 bits per heavy atom. The van der Waals surface area contributed by atoms with Gasteiger partial charge in [-0.15, -0.1) is 0 Å². The highest BCUT2D eigenvalue weighted by Gasteiger charge is 2.06. The van der Waals surface area contributed by atoms with Gasteiger partial charge in [0.15, 0.2) is 0 Å². The van der Waals surface area contributed by atoms with E-state index in [2.05, 4.69) is 0 Å². The summed E-state index contributed by atoms with van der Waals surface area (Å²) in [6.45, 7) is 0.639. The van der Waals surface area contributed by atoms with Gasteiger partial charge in [-0.2, -0.15) is 0 Å². The van der Waals surface area contributed by atoms with Crippen LogP contribution in [0.15, 0.2) is 42.5 Å². The Bertz CT molecular complexity index is 526. The molecule has 0 aliphatic carbocycles. The van der Waals surface area contributed by atoms with E-state index in [1.54, 1.807) is 18.2 Å². The fourth-order valence-corrected chi connectivity index (χ4v) is 1.91. The summed E-state index contributed by atoms with van der Waals surface area (Å²) in [5.41, 5.74) is 6.68. The molecule has 0 amide bonds. The molecule has 0 saturated carbocycles. The summed E-state index contributed by atoms with van der Waals surface area (Å²) in [6, 6.07) is 13.1. The van der Waals surface area contributed by atoms with Crippen LogP contribution in [0, 0.1) is 0 Å². The van der Waals surface area contributed by atoms with Crippen LogP contribution in [0.3, 0.4) is 0 Å². The third kappa shape index (κ3) is 3.16. The van der Waals surface area contributed by atoms with E-state index < -0.39 is 0 Å². The van der Waals surface area contributed by atoms with Crippen molar-refractivity contribution in [3.05, 3.63) is 58.1 Å². The number of rotatable bonds is 4. The van der Waals surface area contributed by atoms with Gasteiger partial charge in [-0.1, -0.05) is 41.4 Å². The molecule has 0 bridgehead atoms. The lowest BCUT2D eigenvalue weighted by Crippen LogP contribution is -2.02. The van der Waals surface area contributed by atoms with Gasteiger partial charge >= 0.3 is 0 Å². The van der Waals surface area contributed by atoms with E-state index in [0.717, 1.165) is 12.2 Å². The van der Waals surface area contributed by atoms with Crippen LogP contribution in [0.5, 0.6) is 11.5 Å². The molecule has 4 heteroatoms. The molecule has 0 heterocycles. The quantitative estimate of drug-likeness (QED) is 0.908. The average Bonchev–Trinajstić information content (AvgIpc) is 2.38. The van der Waals surface area contributed by atoms with Crippen LogP contribution in [-0.4, -0.2) is 6.54 Å². The first-order valence-corrected chi connectivity index (χ1v) is 6.37. The molecule has 0 unspecified atom stereocenters. The minimum Gasteiger partial charge on any atom is -0.456 e. The van der Waals surface area contributed by atoms with Crippen LogP contribution >= 0.6 is 23.2 Å². The van der Waals surface area contributed by atoms with Crippen molar-refractivity contribution in [3.63, 3.8) is 0 Å². The van der Waals surface area contributed by atoms with E-state index in [9.17, 15) is 0 Å². The van der Waals surface area contributed by atoms with Crippen molar-refractivity contribution in [2.45, 2.75) is 6.42 Å². The van der Waals surface area contributed by atoms with Gasteiger partial charge in [0.05, 0.1) is 5.02 Å². The second-order valence-electron chi connectivity index (χ2n) is 3.84. The Kier molecular flexibility index (Phi) is 4.48. The van der Waals surface area contributed by atoms with E-state index >= 15 is 0 Å². The molecule has 2 nitrogen and oxygen atoms in total. The number of hydrogen-bond acceptors (Lipinski definition) is 2. The van der Waals surface area contributed by atoms with Crippen LogP contribution < -0.4 is 10.5 Å². The molecule has 94 valence electrons. The second-order valence-corrected chi connectivity index (χ2v) is 4.62. The number of ether oxygens (including phenoxy) is 1. The molecule has 2 rings (SSSR count). The third-order valence-corrected chi connectivity index (χ3v) is 3.30. The van der Waals surface area contributed by atoms with Gasteiger partial charge < -0.3 is 10.5 Å². The smallest absolute Gasteiger partial charge is 0.147 e. The molecule has 0 saturated heterocycles. The summed E-state index contributed by atoms with van der Waals surface area (Å²) in [5.74, 6) is 1.27.